The monoisotopic (exact) mass is 453 g/mol. The van der Waals surface area contributed by atoms with Crippen molar-refractivity contribution < 1.29 is 19.0 Å². The van der Waals surface area contributed by atoms with E-state index in [0.717, 1.165) is 11.1 Å². The first-order valence-corrected chi connectivity index (χ1v) is 10.0. The molecule has 2 aromatic carbocycles. The van der Waals surface area contributed by atoms with E-state index in [4.69, 9.17) is 26.4 Å². The number of nitrogens with one attached hydrogen (secondary N) is 2. The zero-order valence-corrected chi connectivity index (χ0v) is 18.9. The number of aromatic amines is 1. The van der Waals surface area contributed by atoms with Crippen LogP contribution in [0.15, 0.2) is 36.4 Å². The fraction of sp³-hybridized carbons (Fsp3) is 0.273. The Morgan fingerprint density at radius 2 is 1.81 bits per heavy atom. The van der Waals surface area contributed by atoms with Gasteiger partial charge in [0.25, 0.3) is 0 Å². The standard InChI is InChI=1S/C22H23N5O4S/c1-13-5-7-14(8-6-13)21-25-26-22(32)27(21)12-19(28)24-16(11-23)15-9-17(29-2)20(31-4)18(10-15)30-3/h5-10,16H,12H2,1-4H3,(H,24,28)(H,26,32). The summed E-state index contributed by atoms with van der Waals surface area (Å²) in [6.07, 6.45) is 0. The van der Waals surface area contributed by atoms with Crippen molar-refractivity contribution in [3.63, 3.8) is 0 Å². The van der Waals surface area contributed by atoms with Gasteiger partial charge in [-0.3, -0.25) is 14.5 Å². The molecule has 10 heteroatoms. The van der Waals surface area contributed by atoms with Crippen LogP contribution in [0.1, 0.15) is 17.2 Å². The summed E-state index contributed by atoms with van der Waals surface area (Å²) >= 11 is 5.30. The topological polar surface area (TPSA) is 114 Å². The van der Waals surface area contributed by atoms with E-state index in [0.29, 0.717) is 33.4 Å². The number of ether oxygens (including phenoxy) is 3. The number of amides is 1. The third kappa shape index (κ3) is 4.73. The van der Waals surface area contributed by atoms with Crippen molar-refractivity contribution in [3.8, 4) is 34.7 Å². The number of nitrogens with zero attached hydrogens (tertiary/aromatic N) is 3. The molecule has 1 amide bonds. The van der Waals surface area contributed by atoms with Crippen molar-refractivity contribution in [2.45, 2.75) is 19.5 Å². The van der Waals surface area contributed by atoms with Gasteiger partial charge in [0.15, 0.2) is 22.1 Å². The number of nitriles is 1. The van der Waals surface area contributed by atoms with Crippen LogP contribution in [-0.2, 0) is 11.3 Å². The summed E-state index contributed by atoms with van der Waals surface area (Å²) in [5.41, 5.74) is 2.41. The third-order valence-corrected chi connectivity index (χ3v) is 5.14. The number of aryl methyl sites for hydroxylation is 1. The van der Waals surface area contributed by atoms with Crippen LogP contribution in [0.4, 0.5) is 0 Å². The van der Waals surface area contributed by atoms with Gasteiger partial charge in [-0.05, 0) is 36.8 Å². The van der Waals surface area contributed by atoms with E-state index < -0.39 is 11.9 Å². The zero-order valence-electron chi connectivity index (χ0n) is 18.1. The van der Waals surface area contributed by atoms with E-state index in [2.05, 4.69) is 21.6 Å². The molecule has 0 aliphatic rings. The first kappa shape index (κ1) is 22.8. The van der Waals surface area contributed by atoms with Crippen molar-refractivity contribution in [2.75, 3.05) is 21.3 Å². The Morgan fingerprint density at radius 1 is 1.19 bits per heavy atom. The number of hydrogen-bond acceptors (Lipinski definition) is 7. The van der Waals surface area contributed by atoms with Crippen LogP contribution in [0.3, 0.4) is 0 Å². The smallest absolute Gasteiger partial charge is 0.241 e. The molecule has 1 aromatic heterocycles. The summed E-state index contributed by atoms with van der Waals surface area (Å²) in [6, 6.07) is 12.1. The molecular formula is C22H23N5O4S. The van der Waals surface area contributed by atoms with E-state index in [-0.39, 0.29) is 6.54 Å². The number of benzene rings is 2. The van der Waals surface area contributed by atoms with Gasteiger partial charge in [-0.25, -0.2) is 0 Å². The molecule has 166 valence electrons. The van der Waals surface area contributed by atoms with Crippen LogP contribution < -0.4 is 19.5 Å². The fourth-order valence-electron chi connectivity index (χ4n) is 3.20. The lowest BCUT2D eigenvalue weighted by Crippen LogP contribution is -2.31. The van der Waals surface area contributed by atoms with Gasteiger partial charge in [-0.2, -0.15) is 10.4 Å². The van der Waals surface area contributed by atoms with Gasteiger partial charge in [-0.1, -0.05) is 29.8 Å². The maximum atomic E-state index is 12.8. The van der Waals surface area contributed by atoms with Crippen molar-refractivity contribution in [1.82, 2.24) is 20.1 Å². The highest BCUT2D eigenvalue weighted by Crippen LogP contribution is 2.39. The van der Waals surface area contributed by atoms with E-state index in [1.165, 1.54) is 21.3 Å². The Hall–Kier alpha value is -3.84. The maximum absolute atomic E-state index is 12.8. The molecule has 32 heavy (non-hydrogen) atoms. The summed E-state index contributed by atoms with van der Waals surface area (Å²) in [5.74, 6) is 1.29. The number of rotatable bonds is 8. The van der Waals surface area contributed by atoms with Crippen molar-refractivity contribution in [3.05, 3.63) is 52.3 Å². The maximum Gasteiger partial charge on any atom is 0.241 e. The lowest BCUT2D eigenvalue weighted by molar-refractivity contribution is -0.122. The molecule has 1 heterocycles. The number of H-pyrrole nitrogens is 1. The largest absolute Gasteiger partial charge is 0.493 e. The average Bonchev–Trinajstić information content (AvgIpc) is 3.16. The molecular weight excluding hydrogens is 430 g/mol. The van der Waals surface area contributed by atoms with Gasteiger partial charge in [0.05, 0.1) is 27.4 Å². The van der Waals surface area contributed by atoms with Crippen molar-refractivity contribution in [2.24, 2.45) is 0 Å². The summed E-state index contributed by atoms with van der Waals surface area (Å²) in [4.78, 5) is 12.8. The Kier molecular flexibility index (Phi) is 7.12. The highest BCUT2D eigenvalue weighted by atomic mass is 32.1. The summed E-state index contributed by atoms with van der Waals surface area (Å²) in [6.45, 7) is 1.88. The van der Waals surface area contributed by atoms with E-state index in [1.54, 1.807) is 16.7 Å². The van der Waals surface area contributed by atoms with Gasteiger partial charge in [0.1, 0.15) is 12.6 Å². The van der Waals surface area contributed by atoms with Crippen molar-refractivity contribution >= 4 is 18.1 Å². The normalized spacial score (nSPS) is 11.3. The minimum atomic E-state index is -0.944. The first-order chi connectivity index (χ1) is 15.4. The molecule has 0 fully saturated rings. The molecule has 0 saturated carbocycles. The quantitative estimate of drug-likeness (QED) is 0.503. The summed E-state index contributed by atoms with van der Waals surface area (Å²) in [5, 5.41) is 19.4. The molecule has 0 spiro atoms. The molecule has 3 aromatic rings. The van der Waals surface area contributed by atoms with Gasteiger partial charge in [-0.15, -0.1) is 0 Å². The van der Waals surface area contributed by atoms with Gasteiger partial charge >= 0.3 is 0 Å². The second kappa shape index (κ2) is 9.98. The molecule has 3 rings (SSSR count). The molecule has 0 saturated heterocycles. The minimum Gasteiger partial charge on any atom is -0.493 e. The molecule has 0 aliphatic heterocycles. The Morgan fingerprint density at radius 3 is 2.34 bits per heavy atom. The SMILES string of the molecule is COc1cc(C(C#N)NC(=O)Cn2c(-c3ccc(C)cc3)n[nH]c2=S)cc(OC)c1OC. The van der Waals surface area contributed by atoms with Gasteiger partial charge in [0, 0.05) is 5.56 Å². The lowest BCUT2D eigenvalue weighted by Gasteiger charge is -2.17. The number of methoxy groups -OCH3 is 3. The van der Waals surface area contributed by atoms with Gasteiger partial charge in [0.2, 0.25) is 11.7 Å². The average molecular weight is 454 g/mol. The number of aromatic nitrogens is 3. The van der Waals surface area contributed by atoms with Crippen LogP contribution in [0.5, 0.6) is 17.2 Å². The van der Waals surface area contributed by atoms with Crippen LogP contribution in [0, 0.1) is 23.0 Å². The predicted octanol–water partition coefficient (Wildman–Crippen LogP) is 3.32. The molecule has 9 nitrogen and oxygen atoms in total. The Labute approximate surface area is 190 Å². The number of carbonyl (C=O) groups is 1. The van der Waals surface area contributed by atoms with Crippen LogP contribution >= 0.6 is 12.2 Å². The minimum absolute atomic E-state index is 0.110. The second-order valence-electron chi connectivity index (χ2n) is 6.89. The highest BCUT2D eigenvalue weighted by molar-refractivity contribution is 7.71. The summed E-state index contributed by atoms with van der Waals surface area (Å²) in [7, 11) is 4.45. The van der Waals surface area contributed by atoms with E-state index in [9.17, 15) is 10.1 Å². The highest BCUT2D eigenvalue weighted by Gasteiger charge is 2.21. The van der Waals surface area contributed by atoms with E-state index >= 15 is 0 Å². The van der Waals surface area contributed by atoms with Crippen LogP contribution in [-0.4, -0.2) is 42.0 Å². The molecule has 0 radical (unpaired) electrons. The number of carbonyl (C=O) groups excluding carboxylic acids is 1. The third-order valence-electron chi connectivity index (χ3n) is 4.82. The summed E-state index contributed by atoms with van der Waals surface area (Å²) < 4.78 is 17.9. The van der Waals surface area contributed by atoms with Crippen LogP contribution in [0.25, 0.3) is 11.4 Å². The molecule has 1 unspecified atom stereocenters. The van der Waals surface area contributed by atoms with E-state index in [1.807, 2.05) is 31.2 Å². The Balaban J connectivity index is 1.85. The predicted molar refractivity (Wildman–Crippen MR) is 120 cm³/mol. The molecule has 1 atom stereocenters. The van der Waals surface area contributed by atoms with Crippen molar-refractivity contribution in [1.29, 1.82) is 5.26 Å². The van der Waals surface area contributed by atoms with Gasteiger partial charge < -0.3 is 19.5 Å². The molecule has 2 N–H and O–H groups in total. The van der Waals surface area contributed by atoms with Crippen LogP contribution in [0.2, 0.25) is 0 Å². The first-order valence-electron chi connectivity index (χ1n) is 9.63. The lowest BCUT2D eigenvalue weighted by atomic mass is 10.1. The number of hydrogen-bond donors (Lipinski definition) is 2. The molecule has 0 bridgehead atoms. The second-order valence-corrected chi connectivity index (χ2v) is 7.28. The Bertz CT molecular complexity index is 1190. The fourth-order valence-corrected chi connectivity index (χ4v) is 3.39. The zero-order chi connectivity index (χ0) is 23.3. The molecule has 0 aliphatic carbocycles.